The highest BCUT2D eigenvalue weighted by atomic mass is 16.5. The summed E-state index contributed by atoms with van der Waals surface area (Å²) in [5.74, 6) is 0.106. The number of rotatable bonds is 3. The molecule has 0 bridgehead atoms. The highest BCUT2D eigenvalue weighted by Crippen LogP contribution is 2.31. The number of aromatic hydroxyl groups is 1. The maximum atomic E-state index is 12.5. The summed E-state index contributed by atoms with van der Waals surface area (Å²) in [5, 5.41) is 13.4. The van der Waals surface area contributed by atoms with E-state index in [0.717, 1.165) is 12.8 Å². The Hall–Kier alpha value is -1.75. The number of methoxy groups -OCH3 is 1. The molecule has 1 aliphatic rings. The molecular weight excluding hydrogens is 256 g/mol. The third-order valence-electron chi connectivity index (χ3n) is 4.21. The van der Waals surface area contributed by atoms with E-state index in [1.807, 2.05) is 7.05 Å². The second-order valence-corrected chi connectivity index (χ2v) is 5.46. The number of benzene rings is 1. The van der Waals surface area contributed by atoms with Crippen LogP contribution < -0.4 is 10.1 Å². The molecule has 1 amide bonds. The second kappa shape index (κ2) is 5.71. The molecule has 0 spiro atoms. The van der Waals surface area contributed by atoms with Gasteiger partial charge in [0.1, 0.15) is 0 Å². The lowest BCUT2D eigenvalue weighted by molar-refractivity contribution is 0.0658. The van der Waals surface area contributed by atoms with Crippen molar-refractivity contribution in [3.8, 4) is 11.5 Å². The van der Waals surface area contributed by atoms with E-state index in [1.165, 1.54) is 7.11 Å². The van der Waals surface area contributed by atoms with Crippen molar-refractivity contribution in [2.24, 2.45) is 0 Å². The van der Waals surface area contributed by atoms with Crippen molar-refractivity contribution >= 4 is 5.91 Å². The van der Waals surface area contributed by atoms with Crippen LogP contribution in [0.2, 0.25) is 0 Å². The number of hydrogen-bond acceptors (Lipinski definition) is 4. The number of phenols is 1. The molecular formula is C15H22N2O3. The monoisotopic (exact) mass is 278 g/mol. The first-order chi connectivity index (χ1) is 9.50. The number of hydrogen-bond donors (Lipinski definition) is 2. The minimum atomic E-state index is -0.139. The maximum Gasteiger partial charge on any atom is 0.257 e. The number of para-hydroxylation sites is 1. The molecule has 0 aliphatic carbocycles. The fourth-order valence-corrected chi connectivity index (χ4v) is 2.48. The summed E-state index contributed by atoms with van der Waals surface area (Å²) >= 11 is 0. The molecule has 0 atom stereocenters. The molecule has 110 valence electrons. The molecule has 1 saturated heterocycles. The zero-order valence-corrected chi connectivity index (χ0v) is 12.3. The van der Waals surface area contributed by atoms with Crippen molar-refractivity contribution in [1.82, 2.24) is 10.2 Å². The van der Waals surface area contributed by atoms with Crippen LogP contribution in [0.4, 0.5) is 0 Å². The first-order valence-electron chi connectivity index (χ1n) is 6.85. The summed E-state index contributed by atoms with van der Waals surface area (Å²) in [6.45, 7) is 3.54. The first-order valence-corrected chi connectivity index (χ1v) is 6.85. The molecule has 1 aliphatic heterocycles. The van der Waals surface area contributed by atoms with Crippen LogP contribution in [0.5, 0.6) is 11.5 Å². The Morgan fingerprint density at radius 3 is 2.60 bits per heavy atom. The Balaban J connectivity index is 2.13. The molecule has 20 heavy (non-hydrogen) atoms. The van der Waals surface area contributed by atoms with Gasteiger partial charge in [-0.3, -0.25) is 4.79 Å². The normalized spacial score (nSPS) is 17.9. The molecule has 1 aromatic rings. The molecule has 0 unspecified atom stereocenters. The lowest BCUT2D eigenvalue weighted by Crippen LogP contribution is -2.51. The van der Waals surface area contributed by atoms with Gasteiger partial charge in [-0.05, 0) is 38.9 Å². The van der Waals surface area contributed by atoms with Gasteiger partial charge >= 0.3 is 0 Å². The van der Waals surface area contributed by atoms with Crippen LogP contribution in [0.1, 0.15) is 30.1 Å². The third-order valence-corrected chi connectivity index (χ3v) is 4.21. The largest absolute Gasteiger partial charge is 0.504 e. The quantitative estimate of drug-likeness (QED) is 0.882. The number of likely N-dealkylation sites (tertiary alicyclic amines) is 1. The minimum absolute atomic E-state index is 0.0815. The van der Waals surface area contributed by atoms with Gasteiger partial charge in [-0.15, -0.1) is 0 Å². The van der Waals surface area contributed by atoms with Gasteiger partial charge in [0, 0.05) is 18.6 Å². The van der Waals surface area contributed by atoms with E-state index < -0.39 is 0 Å². The smallest absolute Gasteiger partial charge is 0.257 e. The zero-order valence-electron chi connectivity index (χ0n) is 12.3. The van der Waals surface area contributed by atoms with Gasteiger partial charge in [-0.25, -0.2) is 0 Å². The van der Waals surface area contributed by atoms with Gasteiger partial charge in [-0.2, -0.15) is 0 Å². The molecule has 1 fully saturated rings. The van der Waals surface area contributed by atoms with E-state index in [1.54, 1.807) is 23.1 Å². The number of phenolic OH excluding ortho intramolecular Hbond substituents is 1. The van der Waals surface area contributed by atoms with E-state index in [0.29, 0.717) is 24.4 Å². The van der Waals surface area contributed by atoms with E-state index in [4.69, 9.17) is 4.74 Å². The van der Waals surface area contributed by atoms with Crippen molar-refractivity contribution in [1.29, 1.82) is 0 Å². The van der Waals surface area contributed by atoms with Crippen molar-refractivity contribution in [2.75, 3.05) is 27.2 Å². The zero-order chi connectivity index (χ0) is 14.8. The maximum absolute atomic E-state index is 12.5. The van der Waals surface area contributed by atoms with E-state index in [2.05, 4.69) is 12.2 Å². The highest BCUT2D eigenvalue weighted by Gasteiger charge is 2.31. The van der Waals surface area contributed by atoms with Crippen LogP contribution in [-0.4, -0.2) is 48.7 Å². The second-order valence-electron chi connectivity index (χ2n) is 5.46. The molecule has 1 aromatic carbocycles. The predicted octanol–water partition coefficient (Wildman–Crippen LogP) is 1.61. The van der Waals surface area contributed by atoms with Crippen LogP contribution in [-0.2, 0) is 0 Å². The Labute approximate surface area is 119 Å². The minimum Gasteiger partial charge on any atom is -0.504 e. The van der Waals surface area contributed by atoms with Gasteiger partial charge in [0.15, 0.2) is 11.5 Å². The molecule has 0 saturated carbocycles. The van der Waals surface area contributed by atoms with E-state index in [9.17, 15) is 9.90 Å². The van der Waals surface area contributed by atoms with Crippen molar-refractivity contribution in [3.05, 3.63) is 23.8 Å². The standard InChI is InChI=1S/C15H22N2O3/c1-15(16-2)7-9-17(10-8-15)14(19)11-5-4-6-12(20-3)13(11)18/h4-6,16,18H,7-10H2,1-3H3. The Bertz CT molecular complexity index is 494. The number of ether oxygens (including phenoxy) is 1. The molecule has 5 nitrogen and oxygen atoms in total. The Morgan fingerprint density at radius 1 is 1.40 bits per heavy atom. The number of amides is 1. The summed E-state index contributed by atoms with van der Waals surface area (Å²) in [6.07, 6.45) is 1.81. The summed E-state index contributed by atoms with van der Waals surface area (Å²) in [5.41, 5.74) is 0.394. The molecule has 0 aromatic heterocycles. The highest BCUT2D eigenvalue weighted by molar-refractivity contribution is 5.97. The topological polar surface area (TPSA) is 61.8 Å². The summed E-state index contributed by atoms with van der Waals surface area (Å²) < 4.78 is 5.04. The Kier molecular flexibility index (Phi) is 4.18. The summed E-state index contributed by atoms with van der Waals surface area (Å²) in [6, 6.07) is 4.99. The molecule has 2 rings (SSSR count). The van der Waals surface area contributed by atoms with Crippen LogP contribution >= 0.6 is 0 Å². The third kappa shape index (κ3) is 2.72. The molecule has 0 radical (unpaired) electrons. The van der Waals surface area contributed by atoms with Crippen molar-refractivity contribution in [3.63, 3.8) is 0 Å². The SMILES string of the molecule is CNC1(C)CCN(C(=O)c2cccc(OC)c2O)CC1. The average Bonchev–Trinajstić information content (AvgIpc) is 2.47. The summed E-state index contributed by atoms with van der Waals surface area (Å²) in [7, 11) is 3.42. The number of piperidine rings is 1. The number of nitrogens with one attached hydrogen (secondary N) is 1. The van der Waals surface area contributed by atoms with Crippen molar-refractivity contribution in [2.45, 2.75) is 25.3 Å². The molecule has 5 heteroatoms. The summed E-state index contributed by atoms with van der Waals surface area (Å²) in [4.78, 5) is 14.3. The Morgan fingerprint density at radius 2 is 2.05 bits per heavy atom. The van der Waals surface area contributed by atoms with Gasteiger partial charge < -0.3 is 20.1 Å². The number of nitrogens with zero attached hydrogens (tertiary/aromatic N) is 1. The van der Waals surface area contributed by atoms with Crippen LogP contribution in [0.3, 0.4) is 0 Å². The fraction of sp³-hybridized carbons (Fsp3) is 0.533. The van der Waals surface area contributed by atoms with Gasteiger partial charge in [0.05, 0.1) is 12.7 Å². The van der Waals surface area contributed by atoms with Gasteiger partial charge in [0.2, 0.25) is 0 Å². The molecule has 1 heterocycles. The van der Waals surface area contributed by atoms with Crippen LogP contribution in [0, 0.1) is 0 Å². The van der Waals surface area contributed by atoms with Crippen LogP contribution in [0.25, 0.3) is 0 Å². The van der Waals surface area contributed by atoms with E-state index >= 15 is 0 Å². The van der Waals surface area contributed by atoms with Crippen LogP contribution in [0.15, 0.2) is 18.2 Å². The predicted molar refractivity (Wildman–Crippen MR) is 77.3 cm³/mol. The lowest BCUT2D eigenvalue weighted by atomic mass is 9.89. The van der Waals surface area contributed by atoms with E-state index in [-0.39, 0.29) is 17.2 Å². The van der Waals surface area contributed by atoms with Gasteiger partial charge in [-0.1, -0.05) is 6.07 Å². The van der Waals surface area contributed by atoms with Crippen molar-refractivity contribution < 1.29 is 14.6 Å². The number of carbonyl (C=O) groups is 1. The number of carbonyl (C=O) groups excluding carboxylic acids is 1. The average molecular weight is 278 g/mol. The fourth-order valence-electron chi connectivity index (χ4n) is 2.48. The molecule has 2 N–H and O–H groups in total. The lowest BCUT2D eigenvalue weighted by Gasteiger charge is -2.39. The van der Waals surface area contributed by atoms with Gasteiger partial charge in [0.25, 0.3) is 5.91 Å². The first kappa shape index (κ1) is 14.7.